The fourth-order valence-electron chi connectivity index (χ4n) is 0.521. The summed E-state index contributed by atoms with van der Waals surface area (Å²) < 4.78 is 0.961. The van der Waals surface area contributed by atoms with Crippen LogP contribution < -0.4 is 5.46 Å². The molecule has 1 aromatic heterocycles. The lowest BCUT2D eigenvalue weighted by Crippen LogP contribution is -2.03. The second-order valence-electron chi connectivity index (χ2n) is 1.84. The quantitative estimate of drug-likeness (QED) is 0.544. The number of aryl methyl sites for hydroxylation is 1. The molecule has 0 aromatic carbocycles. The highest BCUT2D eigenvalue weighted by Crippen LogP contribution is 2.09. The Bertz CT molecular complexity index is 224. The van der Waals surface area contributed by atoms with E-state index in [1.54, 1.807) is 6.20 Å². The van der Waals surface area contributed by atoms with Gasteiger partial charge in [-0.05, 0) is 22.9 Å². The Morgan fingerprint density at radius 1 is 1.67 bits per heavy atom. The molecule has 1 rings (SSSR count). The van der Waals surface area contributed by atoms with Crippen LogP contribution in [0.3, 0.4) is 0 Å². The summed E-state index contributed by atoms with van der Waals surface area (Å²) in [4.78, 5) is 4.01. The summed E-state index contributed by atoms with van der Waals surface area (Å²) in [6, 6.07) is 1.84. The highest BCUT2D eigenvalue weighted by Gasteiger charge is 1.92. The average molecular weight is 182 g/mol. The maximum absolute atomic E-state index is 5.44. The molecule has 0 aliphatic carbocycles. The summed E-state index contributed by atoms with van der Waals surface area (Å²) in [6.07, 6.45) is 1.64. The van der Waals surface area contributed by atoms with Gasteiger partial charge in [0.25, 0.3) is 0 Å². The first-order chi connectivity index (χ1) is 4.20. The summed E-state index contributed by atoms with van der Waals surface area (Å²) >= 11 is 3.30. The third-order valence-electron chi connectivity index (χ3n) is 1.05. The van der Waals surface area contributed by atoms with E-state index in [9.17, 15) is 0 Å². The van der Waals surface area contributed by atoms with Crippen LogP contribution in [0.25, 0.3) is 0 Å². The van der Waals surface area contributed by atoms with Crippen molar-refractivity contribution in [3.05, 3.63) is 22.4 Å². The molecule has 0 aliphatic rings. The van der Waals surface area contributed by atoms with Crippen molar-refractivity contribution >= 4 is 29.2 Å². The SMILES string of the molecule is [B]c1cnc(C)c(Br)c1. The number of pyridine rings is 1. The molecule has 0 fully saturated rings. The smallest absolute Gasteiger partial charge is 0.116 e. The summed E-state index contributed by atoms with van der Waals surface area (Å²) in [5.74, 6) is 0. The van der Waals surface area contributed by atoms with Gasteiger partial charge >= 0.3 is 0 Å². The normalized spacial score (nSPS) is 9.56. The Balaban J connectivity index is 3.17. The molecule has 9 heavy (non-hydrogen) atoms. The second-order valence-corrected chi connectivity index (χ2v) is 2.69. The number of rotatable bonds is 0. The van der Waals surface area contributed by atoms with Crippen molar-refractivity contribution in [3.63, 3.8) is 0 Å². The monoisotopic (exact) mass is 181 g/mol. The maximum Gasteiger partial charge on any atom is 0.116 e. The third-order valence-corrected chi connectivity index (χ3v) is 1.85. The van der Waals surface area contributed by atoms with Gasteiger partial charge in [-0.2, -0.15) is 0 Å². The average Bonchev–Trinajstić information content (AvgIpc) is 1.80. The predicted octanol–water partition coefficient (Wildman–Crippen LogP) is 0.946. The van der Waals surface area contributed by atoms with Crippen LogP contribution in [0, 0.1) is 6.92 Å². The van der Waals surface area contributed by atoms with Crippen LogP contribution in [0.15, 0.2) is 16.7 Å². The van der Waals surface area contributed by atoms with E-state index in [0.717, 1.165) is 10.2 Å². The van der Waals surface area contributed by atoms with Gasteiger partial charge in [0.05, 0.1) is 5.69 Å². The van der Waals surface area contributed by atoms with Gasteiger partial charge in [0.15, 0.2) is 0 Å². The lowest BCUT2D eigenvalue weighted by Gasteiger charge is -1.96. The molecule has 0 aliphatic heterocycles. The van der Waals surface area contributed by atoms with Crippen molar-refractivity contribution < 1.29 is 0 Å². The molecule has 0 unspecified atom stereocenters. The molecule has 0 spiro atoms. The molecule has 1 heterocycles. The Morgan fingerprint density at radius 3 is 2.78 bits per heavy atom. The molecular formula is C6H5BBrN. The molecule has 0 atom stereocenters. The minimum absolute atomic E-state index is 0.687. The van der Waals surface area contributed by atoms with Gasteiger partial charge in [-0.1, -0.05) is 11.5 Å². The van der Waals surface area contributed by atoms with E-state index >= 15 is 0 Å². The van der Waals surface area contributed by atoms with E-state index in [0.29, 0.717) is 5.46 Å². The minimum Gasteiger partial charge on any atom is -0.261 e. The van der Waals surface area contributed by atoms with E-state index in [-0.39, 0.29) is 0 Å². The maximum atomic E-state index is 5.44. The van der Waals surface area contributed by atoms with Gasteiger partial charge < -0.3 is 0 Å². The first kappa shape index (κ1) is 6.81. The van der Waals surface area contributed by atoms with Crippen LogP contribution in [-0.4, -0.2) is 12.8 Å². The largest absolute Gasteiger partial charge is 0.261 e. The van der Waals surface area contributed by atoms with Gasteiger partial charge in [-0.15, -0.1) is 0 Å². The Morgan fingerprint density at radius 2 is 2.33 bits per heavy atom. The summed E-state index contributed by atoms with van der Waals surface area (Å²) in [7, 11) is 5.44. The zero-order chi connectivity index (χ0) is 6.85. The van der Waals surface area contributed by atoms with Gasteiger partial charge in [-0.25, -0.2) is 0 Å². The standard InChI is InChI=1S/C6H5BBrN/c1-4-6(8)2-5(7)3-9-4/h2-3H,1H3. The lowest BCUT2D eigenvalue weighted by atomic mass is 9.99. The van der Waals surface area contributed by atoms with Crippen molar-refractivity contribution in [1.82, 2.24) is 4.98 Å². The van der Waals surface area contributed by atoms with E-state index in [1.165, 1.54) is 0 Å². The van der Waals surface area contributed by atoms with E-state index in [4.69, 9.17) is 7.85 Å². The van der Waals surface area contributed by atoms with Crippen molar-refractivity contribution in [2.24, 2.45) is 0 Å². The first-order valence-electron chi connectivity index (χ1n) is 2.58. The molecule has 1 aromatic rings. The third kappa shape index (κ3) is 1.55. The number of halogens is 1. The van der Waals surface area contributed by atoms with Crippen molar-refractivity contribution in [3.8, 4) is 0 Å². The Labute approximate surface area is 64.0 Å². The second kappa shape index (κ2) is 2.52. The van der Waals surface area contributed by atoms with Crippen LogP contribution in [0.5, 0.6) is 0 Å². The van der Waals surface area contributed by atoms with Gasteiger partial charge in [-0.3, -0.25) is 4.98 Å². The van der Waals surface area contributed by atoms with Crippen LogP contribution in [0.2, 0.25) is 0 Å². The number of hydrogen-bond acceptors (Lipinski definition) is 1. The fourth-order valence-corrected chi connectivity index (χ4v) is 0.888. The lowest BCUT2D eigenvalue weighted by molar-refractivity contribution is 1.19. The molecule has 44 valence electrons. The molecule has 3 heteroatoms. The van der Waals surface area contributed by atoms with Gasteiger partial charge in [0.1, 0.15) is 7.85 Å². The van der Waals surface area contributed by atoms with E-state index < -0.39 is 0 Å². The highest BCUT2D eigenvalue weighted by atomic mass is 79.9. The molecule has 0 saturated carbocycles. The van der Waals surface area contributed by atoms with Crippen LogP contribution in [-0.2, 0) is 0 Å². The number of hydrogen-bond donors (Lipinski definition) is 0. The molecule has 2 radical (unpaired) electrons. The van der Waals surface area contributed by atoms with Crippen LogP contribution in [0.4, 0.5) is 0 Å². The Kier molecular flexibility index (Phi) is 1.91. The summed E-state index contributed by atoms with van der Waals surface area (Å²) in [6.45, 7) is 1.92. The molecule has 0 N–H and O–H groups in total. The zero-order valence-corrected chi connectivity index (χ0v) is 6.64. The molecule has 0 bridgehead atoms. The van der Waals surface area contributed by atoms with E-state index in [2.05, 4.69) is 20.9 Å². The van der Waals surface area contributed by atoms with Crippen molar-refractivity contribution in [2.45, 2.75) is 6.92 Å². The number of nitrogens with zero attached hydrogens (tertiary/aromatic N) is 1. The molecule has 0 amide bonds. The summed E-state index contributed by atoms with van der Waals surface area (Å²) in [5.41, 5.74) is 1.65. The van der Waals surface area contributed by atoms with Gasteiger partial charge in [0.2, 0.25) is 0 Å². The van der Waals surface area contributed by atoms with Crippen molar-refractivity contribution in [1.29, 1.82) is 0 Å². The van der Waals surface area contributed by atoms with Crippen LogP contribution >= 0.6 is 15.9 Å². The Hall–Kier alpha value is -0.305. The minimum atomic E-state index is 0.687. The van der Waals surface area contributed by atoms with E-state index in [1.807, 2.05) is 13.0 Å². The van der Waals surface area contributed by atoms with Gasteiger partial charge in [0, 0.05) is 10.7 Å². The highest BCUT2D eigenvalue weighted by molar-refractivity contribution is 9.10. The van der Waals surface area contributed by atoms with Crippen LogP contribution in [0.1, 0.15) is 5.69 Å². The first-order valence-corrected chi connectivity index (χ1v) is 3.37. The topological polar surface area (TPSA) is 12.9 Å². The molecule has 0 saturated heterocycles. The van der Waals surface area contributed by atoms with Crippen molar-refractivity contribution in [2.75, 3.05) is 0 Å². The zero-order valence-electron chi connectivity index (χ0n) is 5.06. The number of aromatic nitrogens is 1. The molecule has 1 nitrogen and oxygen atoms in total. The molecular weight excluding hydrogens is 177 g/mol. The summed E-state index contributed by atoms with van der Waals surface area (Å²) in [5, 5.41) is 0. The fraction of sp³-hybridized carbons (Fsp3) is 0.167. The predicted molar refractivity (Wildman–Crippen MR) is 42.1 cm³/mol.